The number of ether oxygens (including phenoxy) is 1. The molecule has 0 radical (unpaired) electrons. The summed E-state index contributed by atoms with van der Waals surface area (Å²) in [5, 5.41) is 3.93. The van der Waals surface area contributed by atoms with Gasteiger partial charge in [-0.2, -0.15) is 0 Å². The van der Waals surface area contributed by atoms with Crippen LogP contribution in [0.15, 0.2) is 71.2 Å². The highest BCUT2D eigenvalue weighted by atomic mass is 79.9. The Kier molecular flexibility index (Phi) is 11.5. The van der Waals surface area contributed by atoms with Crippen LogP contribution in [0.5, 0.6) is 5.75 Å². The number of hydrogen-bond acceptors (Lipinski definition) is 3. The second kappa shape index (κ2) is 14.4. The van der Waals surface area contributed by atoms with Crippen molar-refractivity contribution in [3.63, 3.8) is 0 Å². The summed E-state index contributed by atoms with van der Waals surface area (Å²) in [6, 6.07) is 19.9. The number of rotatable bonds is 11. The van der Waals surface area contributed by atoms with E-state index in [-0.39, 0.29) is 36.3 Å². The molecule has 0 heterocycles. The third-order valence-electron chi connectivity index (χ3n) is 6.46. The lowest BCUT2D eigenvalue weighted by Gasteiger charge is -2.32. The maximum Gasteiger partial charge on any atom is 0.261 e. The van der Waals surface area contributed by atoms with Gasteiger partial charge in [0, 0.05) is 29.6 Å². The summed E-state index contributed by atoms with van der Waals surface area (Å²) in [4.78, 5) is 29.0. The Morgan fingerprint density at radius 1 is 1.00 bits per heavy atom. The van der Waals surface area contributed by atoms with Crippen LogP contribution >= 0.6 is 39.1 Å². The summed E-state index contributed by atoms with van der Waals surface area (Å²) >= 11 is 16.2. The highest BCUT2D eigenvalue weighted by Gasteiger charge is 2.31. The lowest BCUT2D eigenvalue weighted by molar-refractivity contribution is -0.142. The van der Waals surface area contributed by atoms with Crippen LogP contribution < -0.4 is 10.1 Å². The van der Waals surface area contributed by atoms with Crippen molar-refractivity contribution in [3.8, 4) is 5.75 Å². The van der Waals surface area contributed by atoms with Gasteiger partial charge < -0.3 is 15.0 Å². The first-order chi connectivity index (χ1) is 18.8. The molecule has 0 aliphatic rings. The van der Waals surface area contributed by atoms with Gasteiger partial charge in [-0.3, -0.25) is 9.59 Å². The van der Waals surface area contributed by atoms with Gasteiger partial charge in [-0.15, -0.1) is 0 Å². The van der Waals surface area contributed by atoms with Crippen molar-refractivity contribution < 1.29 is 14.3 Å². The Labute approximate surface area is 256 Å². The molecule has 0 aromatic heterocycles. The van der Waals surface area contributed by atoms with Crippen molar-refractivity contribution in [2.24, 2.45) is 5.92 Å². The lowest BCUT2D eigenvalue weighted by Crippen LogP contribution is -2.52. The van der Waals surface area contributed by atoms with E-state index < -0.39 is 6.04 Å². The normalized spacial score (nSPS) is 12.2. The smallest absolute Gasteiger partial charge is 0.261 e. The van der Waals surface area contributed by atoms with E-state index in [0.29, 0.717) is 34.3 Å². The van der Waals surface area contributed by atoms with Gasteiger partial charge in [0.25, 0.3) is 5.91 Å². The fourth-order valence-electron chi connectivity index (χ4n) is 4.12. The van der Waals surface area contributed by atoms with Gasteiger partial charge in [-0.25, -0.2) is 0 Å². The van der Waals surface area contributed by atoms with Gasteiger partial charge in [-0.05, 0) is 68.2 Å². The van der Waals surface area contributed by atoms with Gasteiger partial charge in [0.15, 0.2) is 6.61 Å². The Morgan fingerprint density at radius 2 is 1.70 bits per heavy atom. The van der Waals surface area contributed by atoms with Crippen LogP contribution in [0, 0.1) is 5.92 Å². The molecule has 214 valence electrons. The summed E-state index contributed by atoms with van der Waals surface area (Å²) in [6.07, 6.45) is 0.339. The number of carbonyl (C=O) groups is 2. The Bertz CT molecular complexity index is 1310. The van der Waals surface area contributed by atoms with E-state index >= 15 is 0 Å². The van der Waals surface area contributed by atoms with Crippen LogP contribution in [0.3, 0.4) is 0 Å². The molecule has 1 unspecified atom stereocenters. The van der Waals surface area contributed by atoms with E-state index in [4.69, 9.17) is 27.9 Å². The zero-order valence-corrected chi connectivity index (χ0v) is 26.7. The van der Waals surface area contributed by atoms with Crippen LogP contribution in [0.1, 0.15) is 51.3 Å². The minimum atomic E-state index is -0.782. The molecule has 0 aliphatic heterocycles. The molecule has 40 heavy (non-hydrogen) atoms. The SMILES string of the molecule is CC(C)CNC(=O)C(Cc1ccccc1)N(Cc1ccc(Cl)cc1Cl)C(=O)COc1ccc(C(C)(C)C)cc1Br. The Hall–Kier alpha value is -2.54. The minimum Gasteiger partial charge on any atom is -0.483 e. The van der Waals surface area contributed by atoms with E-state index in [0.717, 1.165) is 15.6 Å². The molecule has 1 N–H and O–H groups in total. The molecular weight excluding hydrogens is 611 g/mol. The standard InChI is InChI=1S/C32H37BrCl2N2O3/c1-21(2)18-36-31(39)28(15-22-9-7-6-8-10-22)37(19-23-11-13-25(34)17-27(23)35)30(38)20-40-29-14-12-24(16-26(29)33)32(3,4)5/h6-14,16-17,21,28H,15,18-20H2,1-5H3,(H,36,39). The molecule has 0 fully saturated rings. The minimum absolute atomic E-state index is 0.0282. The second-order valence-corrected chi connectivity index (χ2v) is 13.0. The molecule has 0 saturated heterocycles. The number of carbonyl (C=O) groups excluding carboxylic acids is 2. The lowest BCUT2D eigenvalue weighted by atomic mass is 9.87. The molecule has 3 rings (SSSR count). The maximum absolute atomic E-state index is 13.8. The van der Waals surface area contributed by atoms with E-state index in [9.17, 15) is 9.59 Å². The van der Waals surface area contributed by atoms with Crippen LogP contribution in [-0.4, -0.2) is 35.9 Å². The third-order valence-corrected chi connectivity index (χ3v) is 7.67. The largest absolute Gasteiger partial charge is 0.483 e. The number of amides is 2. The van der Waals surface area contributed by atoms with E-state index in [1.807, 2.05) is 62.4 Å². The fourth-order valence-corrected chi connectivity index (χ4v) is 5.08. The third kappa shape index (κ3) is 9.25. The van der Waals surface area contributed by atoms with E-state index in [1.54, 1.807) is 23.1 Å². The van der Waals surface area contributed by atoms with Crippen molar-refractivity contribution in [1.82, 2.24) is 10.2 Å². The first-order valence-corrected chi connectivity index (χ1v) is 14.9. The molecule has 3 aromatic carbocycles. The van der Waals surface area contributed by atoms with Crippen molar-refractivity contribution in [3.05, 3.63) is 97.9 Å². The summed E-state index contributed by atoms with van der Waals surface area (Å²) in [5.41, 5.74) is 2.74. The number of halogens is 3. The fraction of sp³-hybridized carbons (Fsp3) is 0.375. The molecule has 5 nitrogen and oxygen atoms in total. The molecular formula is C32H37BrCl2N2O3. The number of nitrogens with one attached hydrogen (secondary N) is 1. The van der Waals surface area contributed by atoms with Gasteiger partial charge in [-0.1, -0.05) is 100 Å². The zero-order chi connectivity index (χ0) is 29.4. The maximum atomic E-state index is 13.8. The molecule has 0 spiro atoms. The van der Waals surface area contributed by atoms with Crippen LogP contribution in [0.2, 0.25) is 10.0 Å². The summed E-state index contributed by atoms with van der Waals surface area (Å²) in [7, 11) is 0. The van der Waals surface area contributed by atoms with Gasteiger partial charge in [0.2, 0.25) is 5.91 Å². The van der Waals surface area contributed by atoms with Crippen LogP contribution in [0.25, 0.3) is 0 Å². The van der Waals surface area contributed by atoms with E-state index in [1.165, 1.54) is 0 Å². The predicted molar refractivity (Wildman–Crippen MR) is 167 cm³/mol. The van der Waals surface area contributed by atoms with Gasteiger partial charge in [0.05, 0.1) is 4.47 Å². The summed E-state index contributed by atoms with van der Waals surface area (Å²) < 4.78 is 6.75. The molecule has 8 heteroatoms. The average Bonchev–Trinajstić information content (AvgIpc) is 2.89. The zero-order valence-electron chi connectivity index (χ0n) is 23.6. The number of hydrogen-bond donors (Lipinski definition) is 1. The first-order valence-electron chi connectivity index (χ1n) is 13.3. The van der Waals surface area contributed by atoms with Crippen LogP contribution in [-0.2, 0) is 28.0 Å². The average molecular weight is 648 g/mol. The number of benzene rings is 3. The van der Waals surface area contributed by atoms with Gasteiger partial charge >= 0.3 is 0 Å². The Morgan fingerprint density at radius 3 is 2.30 bits per heavy atom. The predicted octanol–water partition coefficient (Wildman–Crippen LogP) is 7.84. The topological polar surface area (TPSA) is 58.6 Å². The van der Waals surface area contributed by atoms with Crippen molar-refractivity contribution in [2.75, 3.05) is 13.2 Å². The highest BCUT2D eigenvalue weighted by molar-refractivity contribution is 9.10. The first kappa shape index (κ1) is 32.0. The van der Waals surface area contributed by atoms with Crippen molar-refractivity contribution in [1.29, 1.82) is 0 Å². The molecule has 3 aromatic rings. The quantitative estimate of drug-likeness (QED) is 0.231. The molecule has 1 atom stereocenters. The monoisotopic (exact) mass is 646 g/mol. The van der Waals surface area contributed by atoms with E-state index in [2.05, 4.69) is 42.0 Å². The second-order valence-electron chi connectivity index (χ2n) is 11.3. The molecule has 0 aliphatic carbocycles. The molecule has 0 bridgehead atoms. The molecule has 0 saturated carbocycles. The van der Waals surface area contributed by atoms with Crippen molar-refractivity contribution in [2.45, 2.75) is 59.0 Å². The van der Waals surface area contributed by atoms with Crippen molar-refractivity contribution >= 4 is 50.9 Å². The van der Waals surface area contributed by atoms with Gasteiger partial charge in [0.1, 0.15) is 11.8 Å². The summed E-state index contributed by atoms with van der Waals surface area (Å²) in [6.45, 7) is 10.8. The Balaban J connectivity index is 1.93. The number of nitrogens with zero attached hydrogens (tertiary/aromatic N) is 1. The summed E-state index contributed by atoms with van der Waals surface area (Å²) in [5.74, 6) is 0.243. The molecule has 2 amide bonds. The van der Waals surface area contributed by atoms with Crippen LogP contribution in [0.4, 0.5) is 0 Å². The highest BCUT2D eigenvalue weighted by Crippen LogP contribution is 2.32.